The Labute approximate surface area is 90.0 Å². The van der Waals surface area contributed by atoms with Gasteiger partial charge in [0.1, 0.15) is 5.01 Å². The lowest BCUT2D eigenvalue weighted by atomic mass is 10.4. The summed E-state index contributed by atoms with van der Waals surface area (Å²) in [5.41, 5.74) is 0. The molecule has 0 amide bonds. The predicted molar refractivity (Wildman–Crippen MR) is 59.7 cm³/mol. The summed E-state index contributed by atoms with van der Waals surface area (Å²) in [4.78, 5) is 8.04. The Balaban J connectivity index is 2.35. The van der Waals surface area contributed by atoms with E-state index in [-0.39, 0.29) is 0 Å². The Morgan fingerprint density at radius 2 is 2.15 bits per heavy atom. The molecule has 2 heterocycles. The molecule has 0 N–H and O–H groups in total. The Kier molecular flexibility index (Phi) is 2.67. The number of halogens is 1. The molecule has 0 aliphatic rings. The van der Waals surface area contributed by atoms with E-state index in [2.05, 4.69) is 24.0 Å². The van der Waals surface area contributed by atoms with Gasteiger partial charge in [-0.25, -0.2) is 4.98 Å². The van der Waals surface area contributed by atoms with E-state index in [1.807, 2.05) is 6.20 Å². The first-order valence-corrected chi connectivity index (χ1v) is 6.04. The topological polar surface area (TPSA) is 12.9 Å². The number of thiophene rings is 1. The molecule has 0 unspecified atom stereocenters. The Morgan fingerprint density at radius 1 is 1.31 bits per heavy atom. The van der Waals surface area contributed by atoms with E-state index in [0.29, 0.717) is 5.88 Å². The highest BCUT2D eigenvalue weighted by molar-refractivity contribution is 7.22. The van der Waals surface area contributed by atoms with Crippen LogP contribution in [0.4, 0.5) is 0 Å². The van der Waals surface area contributed by atoms with Crippen LogP contribution in [-0.2, 0) is 5.88 Å². The second-order valence-corrected chi connectivity index (χ2v) is 5.33. The van der Waals surface area contributed by atoms with Crippen molar-refractivity contribution in [3.8, 4) is 9.75 Å². The number of hydrogen-bond acceptors (Lipinski definition) is 3. The lowest BCUT2D eigenvalue weighted by Gasteiger charge is -1.86. The average Bonchev–Trinajstić information content (AvgIpc) is 2.71. The summed E-state index contributed by atoms with van der Waals surface area (Å²) >= 11 is 9.14. The number of hydrogen-bond donors (Lipinski definition) is 0. The number of rotatable bonds is 2. The largest absolute Gasteiger partial charge is 0.248 e. The summed E-state index contributed by atoms with van der Waals surface area (Å²) in [6.45, 7) is 2.11. The van der Waals surface area contributed by atoms with Crippen molar-refractivity contribution in [2.45, 2.75) is 12.8 Å². The van der Waals surface area contributed by atoms with E-state index in [1.165, 1.54) is 14.6 Å². The predicted octanol–water partition coefficient (Wildman–Crippen LogP) is 3.92. The van der Waals surface area contributed by atoms with Crippen molar-refractivity contribution in [3.63, 3.8) is 0 Å². The quantitative estimate of drug-likeness (QED) is 0.712. The molecule has 2 rings (SSSR count). The molecule has 0 bridgehead atoms. The van der Waals surface area contributed by atoms with E-state index < -0.39 is 0 Å². The van der Waals surface area contributed by atoms with Crippen LogP contribution in [0.2, 0.25) is 0 Å². The molecule has 4 heteroatoms. The third kappa shape index (κ3) is 1.93. The molecule has 0 fully saturated rings. The van der Waals surface area contributed by atoms with Crippen molar-refractivity contribution in [1.82, 2.24) is 4.98 Å². The number of thiazole rings is 1. The normalized spacial score (nSPS) is 10.6. The average molecular weight is 230 g/mol. The molecule has 2 aromatic rings. The molecular weight excluding hydrogens is 222 g/mol. The van der Waals surface area contributed by atoms with Crippen LogP contribution in [0.15, 0.2) is 18.3 Å². The first-order chi connectivity index (χ1) is 6.29. The van der Waals surface area contributed by atoms with Gasteiger partial charge in [-0.05, 0) is 19.1 Å². The summed E-state index contributed by atoms with van der Waals surface area (Å²) in [7, 11) is 0. The van der Waals surface area contributed by atoms with Gasteiger partial charge in [-0.15, -0.1) is 34.3 Å². The van der Waals surface area contributed by atoms with Crippen LogP contribution in [0.5, 0.6) is 0 Å². The van der Waals surface area contributed by atoms with Crippen molar-refractivity contribution < 1.29 is 0 Å². The second-order valence-electron chi connectivity index (χ2n) is 2.66. The molecule has 13 heavy (non-hydrogen) atoms. The van der Waals surface area contributed by atoms with Gasteiger partial charge >= 0.3 is 0 Å². The van der Waals surface area contributed by atoms with Crippen LogP contribution in [-0.4, -0.2) is 4.98 Å². The molecule has 2 aromatic heterocycles. The monoisotopic (exact) mass is 229 g/mol. The Morgan fingerprint density at radius 3 is 2.69 bits per heavy atom. The SMILES string of the molecule is Cc1ccc(-c2cnc(CCl)s2)s1. The van der Waals surface area contributed by atoms with Crippen LogP contribution in [0.1, 0.15) is 9.88 Å². The maximum Gasteiger partial charge on any atom is 0.108 e. The minimum Gasteiger partial charge on any atom is -0.248 e. The van der Waals surface area contributed by atoms with Gasteiger partial charge in [-0.1, -0.05) is 0 Å². The van der Waals surface area contributed by atoms with Crippen molar-refractivity contribution in [2.75, 3.05) is 0 Å². The number of aryl methyl sites for hydroxylation is 1. The van der Waals surface area contributed by atoms with Crippen molar-refractivity contribution in [3.05, 3.63) is 28.2 Å². The Bertz CT molecular complexity index is 405. The molecule has 0 saturated heterocycles. The zero-order chi connectivity index (χ0) is 9.26. The fourth-order valence-corrected chi connectivity index (χ4v) is 3.00. The molecule has 0 aliphatic heterocycles. The lowest BCUT2D eigenvalue weighted by molar-refractivity contribution is 1.26. The van der Waals surface area contributed by atoms with Crippen molar-refractivity contribution >= 4 is 34.3 Å². The molecule has 0 aromatic carbocycles. The molecule has 0 saturated carbocycles. The summed E-state index contributed by atoms with van der Waals surface area (Å²) in [5, 5.41) is 0.989. The van der Waals surface area contributed by atoms with Gasteiger partial charge in [-0.3, -0.25) is 0 Å². The van der Waals surface area contributed by atoms with Crippen LogP contribution in [0.25, 0.3) is 9.75 Å². The third-order valence-corrected chi connectivity index (χ3v) is 4.26. The highest BCUT2D eigenvalue weighted by Crippen LogP contribution is 2.32. The fourth-order valence-electron chi connectivity index (χ4n) is 1.05. The molecule has 1 nitrogen and oxygen atoms in total. The number of nitrogens with zero attached hydrogens (tertiary/aromatic N) is 1. The van der Waals surface area contributed by atoms with E-state index >= 15 is 0 Å². The van der Waals surface area contributed by atoms with Crippen molar-refractivity contribution in [2.24, 2.45) is 0 Å². The van der Waals surface area contributed by atoms with Crippen LogP contribution in [0, 0.1) is 6.92 Å². The minimum absolute atomic E-state index is 0.509. The van der Waals surface area contributed by atoms with E-state index in [1.54, 1.807) is 22.7 Å². The van der Waals surface area contributed by atoms with Gasteiger partial charge in [0.05, 0.1) is 10.8 Å². The maximum absolute atomic E-state index is 5.68. The third-order valence-electron chi connectivity index (χ3n) is 1.65. The van der Waals surface area contributed by atoms with Gasteiger partial charge in [0, 0.05) is 16.0 Å². The van der Waals surface area contributed by atoms with Crippen LogP contribution in [0.3, 0.4) is 0 Å². The summed E-state index contributed by atoms with van der Waals surface area (Å²) in [6.07, 6.45) is 1.90. The smallest absolute Gasteiger partial charge is 0.108 e. The van der Waals surface area contributed by atoms with Gasteiger partial charge in [0.2, 0.25) is 0 Å². The van der Waals surface area contributed by atoms with Gasteiger partial charge in [0.15, 0.2) is 0 Å². The summed E-state index contributed by atoms with van der Waals surface area (Å²) < 4.78 is 0. The first kappa shape index (κ1) is 9.19. The standard InChI is InChI=1S/C9H8ClNS2/c1-6-2-3-7(12-6)8-5-11-9(4-10)13-8/h2-3,5H,4H2,1H3. The second kappa shape index (κ2) is 3.78. The minimum atomic E-state index is 0.509. The van der Waals surface area contributed by atoms with E-state index in [0.717, 1.165) is 5.01 Å². The molecule has 0 spiro atoms. The highest BCUT2D eigenvalue weighted by atomic mass is 35.5. The lowest BCUT2D eigenvalue weighted by Crippen LogP contribution is -1.67. The zero-order valence-corrected chi connectivity index (χ0v) is 9.47. The molecule has 0 atom stereocenters. The van der Waals surface area contributed by atoms with E-state index in [4.69, 9.17) is 11.6 Å². The maximum atomic E-state index is 5.68. The Hall–Kier alpha value is -0.380. The number of alkyl halides is 1. The van der Waals surface area contributed by atoms with E-state index in [9.17, 15) is 0 Å². The highest BCUT2D eigenvalue weighted by Gasteiger charge is 2.04. The van der Waals surface area contributed by atoms with Gasteiger partial charge in [0.25, 0.3) is 0 Å². The number of aromatic nitrogens is 1. The summed E-state index contributed by atoms with van der Waals surface area (Å²) in [5.74, 6) is 0.509. The fraction of sp³-hybridized carbons (Fsp3) is 0.222. The summed E-state index contributed by atoms with van der Waals surface area (Å²) in [6, 6.07) is 4.26. The zero-order valence-electron chi connectivity index (χ0n) is 7.08. The van der Waals surface area contributed by atoms with Crippen LogP contribution >= 0.6 is 34.3 Å². The first-order valence-electron chi connectivity index (χ1n) is 3.87. The van der Waals surface area contributed by atoms with Crippen LogP contribution < -0.4 is 0 Å². The van der Waals surface area contributed by atoms with Crippen molar-refractivity contribution in [1.29, 1.82) is 0 Å². The van der Waals surface area contributed by atoms with Gasteiger partial charge in [-0.2, -0.15) is 0 Å². The molecule has 0 aliphatic carbocycles. The van der Waals surface area contributed by atoms with Gasteiger partial charge < -0.3 is 0 Å². The molecular formula is C9H8ClNS2. The molecule has 68 valence electrons. The molecule has 0 radical (unpaired) electrons.